The number of hydrogen-bond donors (Lipinski definition) is 2. The summed E-state index contributed by atoms with van der Waals surface area (Å²) in [5, 5.41) is 16.4. The van der Waals surface area contributed by atoms with E-state index in [9.17, 15) is 9.90 Å². The van der Waals surface area contributed by atoms with E-state index in [-0.39, 0.29) is 18.6 Å². The average Bonchev–Trinajstić information content (AvgIpc) is 3.05. The number of hydrogen-bond acceptors (Lipinski definition) is 4. The van der Waals surface area contributed by atoms with E-state index in [4.69, 9.17) is 4.74 Å². The smallest absolute Gasteiger partial charge is 0.244 e. The molecule has 5 heteroatoms. The molecule has 0 bridgehead atoms. The summed E-state index contributed by atoms with van der Waals surface area (Å²) in [4.78, 5) is 11.8. The first kappa shape index (κ1) is 17.2. The summed E-state index contributed by atoms with van der Waals surface area (Å²) in [6, 6.07) is 9.39. The molecule has 1 aromatic heterocycles. The Bertz CT molecular complexity index is 650. The molecule has 4 nitrogen and oxygen atoms in total. The number of aliphatic hydroxyl groups excluding tert-OH is 1. The van der Waals surface area contributed by atoms with E-state index in [2.05, 4.69) is 5.32 Å². The van der Waals surface area contributed by atoms with Gasteiger partial charge < -0.3 is 15.2 Å². The second-order valence-corrected chi connectivity index (χ2v) is 6.17. The maximum Gasteiger partial charge on any atom is 0.244 e. The van der Waals surface area contributed by atoms with Crippen molar-refractivity contribution in [2.45, 2.75) is 26.1 Å². The van der Waals surface area contributed by atoms with Crippen LogP contribution < -0.4 is 10.1 Å². The second-order valence-electron chi connectivity index (χ2n) is 5.39. The Morgan fingerprint density at radius 2 is 2.22 bits per heavy atom. The van der Waals surface area contributed by atoms with Crippen LogP contribution in [0, 0.1) is 0 Å². The topological polar surface area (TPSA) is 58.6 Å². The first-order chi connectivity index (χ1) is 11.0. The summed E-state index contributed by atoms with van der Waals surface area (Å²) < 4.78 is 5.62. The quantitative estimate of drug-likeness (QED) is 0.765. The minimum Gasteiger partial charge on any atom is -0.491 e. The van der Waals surface area contributed by atoms with E-state index >= 15 is 0 Å². The number of carbonyl (C=O) groups is 1. The molecular formula is C18H21NO3S. The Labute approximate surface area is 140 Å². The lowest BCUT2D eigenvalue weighted by Crippen LogP contribution is -2.26. The SMILES string of the molecule is CC(C)Oc1cccc(/C=C/C(=O)NCC(O)c2ccsc2)c1. The molecule has 23 heavy (non-hydrogen) atoms. The molecule has 1 amide bonds. The van der Waals surface area contributed by atoms with Crippen molar-refractivity contribution in [3.63, 3.8) is 0 Å². The highest BCUT2D eigenvalue weighted by Gasteiger charge is 2.08. The van der Waals surface area contributed by atoms with Gasteiger partial charge in [0.25, 0.3) is 0 Å². The van der Waals surface area contributed by atoms with Crippen molar-refractivity contribution in [3.8, 4) is 5.75 Å². The molecule has 0 saturated carbocycles. The van der Waals surface area contributed by atoms with Gasteiger partial charge in [0, 0.05) is 12.6 Å². The maximum absolute atomic E-state index is 11.8. The van der Waals surface area contributed by atoms with Crippen molar-refractivity contribution in [2.75, 3.05) is 6.54 Å². The van der Waals surface area contributed by atoms with Crippen LogP contribution >= 0.6 is 11.3 Å². The van der Waals surface area contributed by atoms with E-state index in [1.807, 2.05) is 54.9 Å². The van der Waals surface area contributed by atoms with Gasteiger partial charge in [-0.05, 0) is 60.0 Å². The molecule has 1 unspecified atom stereocenters. The Balaban J connectivity index is 1.86. The lowest BCUT2D eigenvalue weighted by molar-refractivity contribution is -0.116. The minimum atomic E-state index is -0.679. The Morgan fingerprint density at radius 1 is 1.39 bits per heavy atom. The van der Waals surface area contributed by atoms with Crippen molar-refractivity contribution in [1.82, 2.24) is 5.32 Å². The summed E-state index contributed by atoms with van der Waals surface area (Å²) >= 11 is 1.52. The molecule has 2 aromatic rings. The highest BCUT2D eigenvalue weighted by molar-refractivity contribution is 7.07. The van der Waals surface area contributed by atoms with Crippen LogP contribution in [0.5, 0.6) is 5.75 Å². The third-order valence-corrected chi connectivity index (χ3v) is 3.76. The van der Waals surface area contributed by atoms with E-state index in [1.54, 1.807) is 6.08 Å². The van der Waals surface area contributed by atoms with Gasteiger partial charge in [-0.2, -0.15) is 11.3 Å². The zero-order chi connectivity index (χ0) is 16.7. The molecule has 0 aliphatic rings. The maximum atomic E-state index is 11.8. The average molecular weight is 331 g/mol. The van der Waals surface area contributed by atoms with Gasteiger partial charge in [0.2, 0.25) is 5.91 Å². The van der Waals surface area contributed by atoms with E-state index in [1.165, 1.54) is 17.4 Å². The van der Waals surface area contributed by atoms with Crippen LogP contribution in [0.15, 0.2) is 47.2 Å². The number of ether oxygens (including phenoxy) is 1. The Hall–Kier alpha value is -2.11. The van der Waals surface area contributed by atoms with Gasteiger partial charge in [-0.15, -0.1) is 0 Å². The standard InChI is InChI=1S/C18H21NO3S/c1-13(2)22-16-5-3-4-14(10-16)6-7-18(21)19-11-17(20)15-8-9-23-12-15/h3-10,12-13,17,20H,11H2,1-2H3,(H,19,21)/b7-6+. The number of aliphatic hydroxyl groups is 1. The largest absolute Gasteiger partial charge is 0.491 e. The molecular weight excluding hydrogens is 310 g/mol. The predicted octanol–water partition coefficient (Wildman–Crippen LogP) is 3.40. The molecule has 0 spiro atoms. The number of thiophene rings is 1. The second kappa shape index (κ2) is 8.50. The van der Waals surface area contributed by atoms with Gasteiger partial charge in [-0.25, -0.2) is 0 Å². The molecule has 1 heterocycles. The third kappa shape index (κ3) is 5.88. The molecule has 1 atom stereocenters. The van der Waals surface area contributed by atoms with E-state index in [0.29, 0.717) is 0 Å². The van der Waals surface area contributed by atoms with Crippen molar-refractivity contribution < 1.29 is 14.6 Å². The molecule has 0 aliphatic heterocycles. The molecule has 2 rings (SSSR count). The van der Waals surface area contributed by atoms with Crippen LogP contribution in [0.4, 0.5) is 0 Å². The van der Waals surface area contributed by atoms with E-state index in [0.717, 1.165) is 16.9 Å². The molecule has 0 radical (unpaired) electrons. The van der Waals surface area contributed by atoms with Crippen LogP contribution in [0.3, 0.4) is 0 Å². The number of nitrogens with one attached hydrogen (secondary N) is 1. The molecule has 0 aliphatic carbocycles. The van der Waals surface area contributed by atoms with Gasteiger partial charge in [0.1, 0.15) is 5.75 Å². The van der Waals surface area contributed by atoms with Crippen molar-refractivity contribution in [1.29, 1.82) is 0 Å². The van der Waals surface area contributed by atoms with Crippen molar-refractivity contribution >= 4 is 23.3 Å². The number of carbonyl (C=O) groups excluding carboxylic acids is 1. The van der Waals surface area contributed by atoms with Gasteiger partial charge in [0.15, 0.2) is 0 Å². The Morgan fingerprint density at radius 3 is 2.91 bits per heavy atom. The predicted molar refractivity (Wildman–Crippen MR) is 93.5 cm³/mol. The Kier molecular flexibility index (Phi) is 6.38. The number of amides is 1. The molecule has 2 N–H and O–H groups in total. The molecule has 0 fully saturated rings. The highest BCUT2D eigenvalue weighted by Crippen LogP contribution is 2.16. The lowest BCUT2D eigenvalue weighted by Gasteiger charge is -2.10. The molecule has 0 saturated heterocycles. The van der Waals surface area contributed by atoms with Crippen LogP contribution in [-0.2, 0) is 4.79 Å². The first-order valence-electron chi connectivity index (χ1n) is 7.47. The van der Waals surface area contributed by atoms with Gasteiger partial charge in [-0.3, -0.25) is 4.79 Å². The number of rotatable bonds is 7. The van der Waals surface area contributed by atoms with E-state index < -0.39 is 6.10 Å². The zero-order valence-corrected chi connectivity index (χ0v) is 14.0. The van der Waals surface area contributed by atoms with Crippen LogP contribution in [0.1, 0.15) is 31.1 Å². The lowest BCUT2D eigenvalue weighted by atomic mass is 10.2. The van der Waals surface area contributed by atoms with Gasteiger partial charge >= 0.3 is 0 Å². The fourth-order valence-electron chi connectivity index (χ4n) is 1.97. The normalized spacial score (nSPS) is 12.5. The van der Waals surface area contributed by atoms with Gasteiger partial charge in [-0.1, -0.05) is 12.1 Å². The molecule has 1 aromatic carbocycles. The summed E-state index contributed by atoms with van der Waals surface area (Å²) in [6.07, 6.45) is 2.60. The number of benzene rings is 1. The minimum absolute atomic E-state index is 0.108. The summed E-state index contributed by atoms with van der Waals surface area (Å²) in [5.41, 5.74) is 1.70. The first-order valence-corrected chi connectivity index (χ1v) is 8.41. The fraction of sp³-hybridized carbons (Fsp3) is 0.278. The van der Waals surface area contributed by atoms with Crippen LogP contribution in [0.2, 0.25) is 0 Å². The fourth-order valence-corrected chi connectivity index (χ4v) is 2.68. The van der Waals surface area contributed by atoms with Crippen molar-refractivity contribution in [2.24, 2.45) is 0 Å². The summed E-state index contributed by atoms with van der Waals surface area (Å²) in [5.74, 6) is 0.532. The van der Waals surface area contributed by atoms with Crippen LogP contribution in [0.25, 0.3) is 6.08 Å². The molecule has 122 valence electrons. The monoisotopic (exact) mass is 331 g/mol. The highest BCUT2D eigenvalue weighted by atomic mass is 32.1. The summed E-state index contributed by atoms with van der Waals surface area (Å²) in [6.45, 7) is 4.12. The van der Waals surface area contributed by atoms with Crippen LogP contribution in [-0.4, -0.2) is 23.7 Å². The zero-order valence-electron chi connectivity index (χ0n) is 13.2. The van der Waals surface area contributed by atoms with Crippen molar-refractivity contribution in [3.05, 3.63) is 58.3 Å². The van der Waals surface area contributed by atoms with Gasteiger partial charge in [0.05, 0.1) is 12.2 Å². The third-order valence-electron chi connectivity index (χ3n) is 3.05. The summed E-state index contributed by atoms with van der Waals surface area (Å²) in [7, 11) is 0.